The van der Waals surface area contributed by atoms with Crippen molar-refractivity contribution in [3.8, 4) is 11.6 Å². The molecule has 0 saturated carbocycles. The number of aromatic nitrogens is 2. The first kappa shape index (κ1) is 14.3. The third kappa shape index (κ3) is 3.67. The SMILES string of the molecule is CCN(CCC(=O)OC)Cc1nc(-c2ccco2)no1. The maximum Gasteiger partial charge on any atom is 0.306 e. The molecule has 0 N–H and O–H groups in total. The lowest BCUT2D eigenvalue weighted by Gasteiger charge is -2.16. The molecule has 0 saturated heterocycles. The molecule has 0 aliphatic carbocycles. The van der Waals surface area contributed by atoms with Crippen molar-refractivity contribution >= 4 is 5.97 Å². The zero-order valence-electron chi connectivity index (χ0n) is 11.5. The average Bonchev–Trinajstić information content (AvgIpc) is 3.13. The van der Waals surface area contributed by atoms with Gasteiger partial charge in [-0.3, -0.25) is 9.69 Å². The van der Waals surface area contributed by atoms with E-state index < -0.39 is 0 Å². The summed E-state index contributed by atoms with van der Waals surface area (Å²) >= 11 is 0. The summed E-state index contributed by atoms with van der Waals surface area (Å²) in [6.07, 6.45) is 1.89. The van der Waals surface area contributed by atoms with Crippen molar-refractivity contribution in [2.24, 2.45) is 0 Å². The fraction of sp³-hybridized carbons (Fsp3) is 0.462. The number of methoxy groups -OCH3 is 1. The van der Waals surface area contributed by atoms with Gasteiger partial charge in [0.1, 0.15) is 0 Å². The highest BCUT2D eigenvalue weighted by Crippen LogP contribution is 2.16. The molecule has 2 aromatic rings. The van der Waals surface area contributed by atoms with Gasteiger partial charge in [-0.1, -0.05) is 12.1 Å². The van der Waals surface area contributed by atoms with Crippen molar-refractivity contribution in [2.75, 3.05) is 20.2 Å². The van der Waals surface area contributed by atoms with E-state index in [1.807, 2.05) is 11.8 Å². The highest BCUT2D eigenvalue weighted by atomic mass is 16.5. The molecule has 0 spiro atoms. The first-order chi connectivity index (χ1) is 9.72. The van der Waals surface area contributed by atoms with E-state index in [1.54, 1.807) is 18.4 Å². The van der Waals surface area contributed by atoms with E-state index >= 15 is 0 Å². The van der Waals surface area contributed by atoms with Gasteiger partial charge in [-0.15, -0.1) is 0 Å². The molecule has 108 valence electrons. The number of rotatable bonds is 7. The number of furan rings is 1. The minimum absolute atomic E-state index is 0.231. The first-order valence-corrected chi connectivity index (χ1v) is 6.38. The van der Waals surface area contributed by atoms with E-state index in [-0.39, 0.29) is 5.97 Å². The quantitative estimate of drug-likeness (QED) is 0.713. The molecule has 20 heavy (non-hydrogen) atoms. The minimum Gasteiger partial charge on any atom is -0.469 e. The molecule has 0 aliphatic heterocycles. The lowest BCUT2D eigenvalue weighted by molar-refractivity contribution is -0.141. The van der Waals surface area contributed by atoms with Crippen LogP contribution in [0.15, 0.2) is 27.3 Å². The lowest BCUT2D eigenvalue weighted by atomic mass is 10.3. The molecule has 0 unspecified atom stereocenters. The molecule has 2 aromatic heterocycles. The molecule has 2 heterocycles. The van der Waals surface area contributed by atoms with Crippen LogP contribution in [0.4, 0.5) is 0 Å². The second-order valence-electron chi connectivity index (χ2n) is 4.18. The van der Waals surface area contributed by atoms with E-state index in [0.717, 1.165) is 6.54 Å². The number of carbonyl (C=O) groups excluding carboxylic acids is 1. The third-order valence-electron chi connectivity index (χ3n) is 2.88. The molecule has 0 radical (unpaired) electrons. The summed E-state index contributed by atoms with van der Waals surface area (Å²) in [5, 5.41) is 3.86. The van der Waals surface area contributed by atoms with Crippen molar-refractivity contribution in [1.82, 2.24) is 15.0 Å². The number of hydrogen-bond donors (Lipinski definition) is 0. The molecule has 0 atom stereocenters. The molecule has 0 aliphatic rings. The Morgan fingerprint density at radius 2 is 2.35 bits per heavy atom. The summed E-state index contributed by atoms with van der Waals surface area (Å²) in [4.78, 5) is 17.4. The fourth-order valence-electron chi connectivity index (χ4n) is 1.72. The highest BCUT2D eigenvalue weighted by molar-refractivity contribution is 5.69. The van der Waals surface area contributed by atoms with Crippen LogP contribution in [0.25, 0.3) is 11.6 Å². The summed E-state index contributed by atoms with van der Waals surface area (Å²) in [6.45, 7) is 3.85. The van der Waals surface area contributed by atoms with Crippen molar-refractivity contribution in [3.05, 3.63) is 24.3 Å². The zero-order valence-corrected chi connectivity index (χ0v) is 11.5. The molecular formula is C13H17N3O4. The first-order valence-electron chi connectivity index (χ1n) is 6.38. The van der Waals surface area contributed by atoms with Gasteiger partial charge in [0.25, 0.3) is 0 Å². The topological polar surface area (TPSA) is 81.6 Å². The van der Waals surface area contributed by atoms with Gasteiger partial charge in [-0.05, 0) is 18.7 Å². The Morgan fingerprint density at radius 1 is 1.50 bits per heavy atom. The second kappa shape index (κ2) is 6.85. The van der Waals surface area contributed by atoms with Gasteiger partial charge >= 0.3 is 5.97 Å². The predicted octanol–water partition coefficient (Wildman–Crippen LogP) is 1.71. The minimum atomic E-state index is -0.231. The molecule has 0 bridgehead atoms. The van der Waals surface area contributed by atoms with Gasteiger partial charge < -0.3 is 13.7 Å². The second-order valence-corrected chi connectivity index (χ2v) is 4.18. The van der Waals surface area contributed by atoms with E-state index in [2.05, 4.69) is 14.9 Å². The van der Waals surface area contributed by atoms with Gasteiger partial charge in [-0.2, -0.15) is 4.98 Å². The Hall–Kier alpha value is -2.15. The third-order valence-corrected chi connectivity index (χ3v) is 2.88. The maximum absolute atomic E-state index is 11.1. The molecule has 0 aromatic carbocycles. The fourth-order valence-corrected chi connectivity index (χ4v) is 1.72. The standard InChI is InChI=1S/C13H17N3O4/c1-3-16(7-6-12(17)18-2)9-11-14-13(15-20-11)10-5-4-8-19-10/h4-5,8H,3,6-7,9H2,1-2H3. The van der Waals surface area contributed by atoms with Crippen LogP contribution in [0, 0.1) is 0 Å². The Bertz CT molecular complexity index is 536. The number of nitrogens with zero attached hydrogens (tertiary/aromatic N) is 3. The van der Waals surface area contributed by atoms with Crippen molar-refractivity contribution in [3.63, 3.8) is 0 Å². The van der Waals surface area contributed by atoms with Crippen molar-refractivity contribution in [2.45, 2.75) is 19.9 Å². The molecule has 7 nitrogen and oxygen atoms in total. The molecule has 7 heteroatoms. The van der Waals surface area contributed by atoms with Gasteiger partial charge in [-0.25, -0.2) is 0 Å². The van der Waals surface area contributed by atoms with Gasteiger partial charge in [0.05, 0.1) is 26.3 Å². The maximum atomic E-state index is 11.1. The number of esters is 1. The summed E-state index contributed by atoms with van der Waals surface area (Å²) in [6, 6.07) is 3.53. The largest absolute Gasteiger partial charge is 0.469 e. The van der Waals surface area contributed by atoms with Gasteiger partial charge in [0.15, 0.2) is 5.76 Å². The van der Waals surface area contributed by atoms with Crippen LogP contribution in [-0.2, 0) is 16.1 Å². The Balaban J connectivity index is 1.92. The van der Waals surface area contributed by atoms with Crippen LogP contribution in [0.5, 0.6) is 0 Å². The number of hydrogen-bond acceptors (Lipinski definition) is 7. The predicted molar refractivity (Wildman–Crippen MR) is 69.6 cm³/mol. The molecule has 2 rings (SSSR count). The van der Waals surface area contributed by atoms with Crippen LogP contribution in [0.2, 0.25) is 0 Å². The summed E-state index contributed by atoms with van der Waals surface area (Å²) in [5.41, 5.74) is 0. The number of ether oxygens (including phenoxy) is 1. The van der Waals surface area contributed by atoms with Crippen LogP contribution in [0.3, 0.4) is 0 Å². The molecule has 0 fully saturated rings. The van der Waals surface area contributed by atoms with Crippen LogP contribution >= 0.6 is 0 Å². The number of carbonyl (C=O) groups is 1. The van der Waals surface area contributed by atoms with Gasteiger partial charge in [0, 0.05) is 6.54 Å². The van der Waals surface area contributed by atoms with E-state index in [1.165, 1.54) is 7.11 Å². The monoisotopic (exact) mass is 279 g/mol. The van der Waals surface area contributed by atoms with Crippen molar-refractivity contribution in [1.29, 1.82) is 0 Å². The Kier molecular flexibility index (Phi) is 4.89. The Labute approximate surface area is 116 Å². The van der Waals surface area contributed by atoms with Crippen LogP contribution < -0.4 is 0 Å². The summed E-state index contributed by atoms with van der Waals surface area (Å²) in [7, 11) is 1.38. The summed E-state index contributed by atoms with van der Waals surface area (Å²) in [5.74, 6) is 1.25. The molecular weight excluding hydrogens is 262 g/mol. The van der Waals surface area contributed by atoms with E-state index in [0.29, 0.717) is 37.0 Å². The van der Waals surface area contributed by atoms with E-state index in [4.69, 9.17) is 8.94 Å². The average molecular weight is 279 g/mol. The lowest BCUT2D eigenvalue weighted by Crippen LogP contribution is -2.26. The normalized spacial score (nSPS) is 10.9. The van der Waals surface area contributed by atoms with Crippen LogP contribution in [-0.4, -0.2) is 41.2 Å². The smallest absolute Gasteiger partial charge is 0.306 e. The Morgan fingerprint density at radius 3 is 3.00 bits per heavy atom. The highest BCUT2D eigenvalue weighted by Gasteiger charge is 2.14. The van der Waals surface area contributed by atoms with Crippen LogP contribution in [0.1, 0.15) is 19.2 Å². The van der Waals surface area contributed by atoms with Crippen molar-refractivity contribution < 1.29 is 18.5 Å². The zero-order chi connectivity index (χ0) is 14.4. The van der Waals surface area contributed by atoms with Gasteiger partial charge in [0.2, 0.25) is 11.7 Å². The molecule has 0 amide bonds. The van der Waals surface area contributed by atoms with E-state index in [9.17, 15) is 4.79 Å². The summed E-state index contributed by atoms with van der Waals surface area (Å²) < 4.78 is 15.0.